The van der Waals surface area contributed by atoms with E-state index in [0.717, 1.165) is 18.3 Å². The van der Waals surface area contributed by atoms with Crippen LogP contribution >= 0.6 is 0 Å². The molecule has 0 spiro atoms. The van der Waals surface area contributed by atoms with Crippen molar-refractivity contribution in [1.29, 1.82) is 0 Å². The summed E-state index contributed by atoms with van der Waals surface area (Å²) in [5, 5.41) is 0. The van der Waals surface area contributed by atoms with Crippen molar-refractivity contribution in [2.24, 2.45) is 11.8 Å². The number of nitrogen functional groups attached to an aromatic ring is 1. The van der Waals surface area contributed by atoms with Gasteiger partial charge in [-0.1, -0.05) is 12.8 Å². The second-order valence-corrected chi connectivity index (χ2v) is 5.35. The van der Waals surface area contributed by atoms with Crippen LogP contribution in [-0.2, 0) is 0 Å². The van der Waals surface area contributed by atoms with Crippen molar-refractivity contribution in [3.63, 3.8) is 0 Å². The van der Waals surface area contributed by atoms with Gasteiger partial charge in [0.2, 0.25) is 0 Å². The predicted molar refractivity (Wildman–Crippen MR) is 72.2 cm³/mol. The van der Waals surface area contributed by atoms with Crippen molar-refractivity contribution in [2.75, 3.05) is 16.9 Å². The number of nitrogens with zero attached hydrogens (tertiary/aromatic N) is 3. The first-order chi connectivity index (χ1) is 8.88. The Bertz CT molecular complexity index is 402. The maximum absolute atomic E-state index is 5.40. The van der Waals surface area contributed by atoms with Gasteiger partial charge in [-0.05, 0) is 31.6 Å². The first-order valence-electron chi connectivity index (χ1n) is 6.94. The van der Waals surface area contributed by atoms with Crippen molar-refractivity contribution in [3.05, 3.63) is 12.4 Å². The van der Waals surface area contributed by atoms with Gasteiger partial charge in [-0.3, -0.25) is 4.98 Å². The average Bonchev–Trinajstić information content (AvgIpc) is 3.09. The Morgan fingerprint density at radius 3 is 2.78 bits per heavy atom. The molecule has 1 aliphatic carbocycles. The van der Waals surface area contributed by atoms with Crippen LogP contribution in [0.5, 0.6) is 0 Å². The van der Waals surface area contributed by atoms with E-state index >= 15 is 0 Å². The molecule has 2 heterocycles. The lowest BCUT2D eigenvalue weighted by atomic mass is 9.96. The molecule has 3 rings (SSSR count). The highest BCUT2D eigenvalue weighted by Gasteiger charge is 2.34. The van der Waals surface area contributed by atoms with Crippen LogP contribution in [0.4, 0.5) is 11.6 Å². The fraction of sp³-hybridized carbons (Fsp3) is 0.692. The monoisotopic (exact) mass is 247 g/mol. The van der Waals surface area contributed by atoms with Gasteiger partial charge in [0, 0.05) is 12.6 Å². The van der Waals surface area contributed by atoms with E-state index in [1.807, 2.05) is 6.20 Å². The highest BCUT2D eigenvalue weighted by molar-refractivity contribution is 5.45. The molecule has 1 aromatic heterocycles. The lowest BCUT2D eigenvalue weighted by Crippen LogP contribution is -2.35. The number of nitrogens with one attached hydrogen (secondary N) is 1. The number of aromatic nitrogens is 2. The van der Waals surface area contributed by atoms with Crippen molar-refractivity contribution in [3.8, 4) is 0 Å². The van der Waals surface area contributed by atoms with Crippen LogP contribution in [0, 0.1) is 5.92 Å². The molecular formula is C13H21N5. The first-order valence-corrected chi connectivity index (χ1v) is 6.94. The molecule has 1 saturated carbocycles. The predicted octanol–water partition coefficient (Wildman–Crippen LogP) is 1.92. The summed E-state index contributed by atoms with van der Waals surface area (Å²) >= 11 is 0. The number of hydrogen-bond acceptors (Lipinski definition) is 5. The zero-order valence-electron chi connectivity index (χ0n) is 10.7. The molecule has 1 saturated heterocycles. The number of rotatable bonds is 3. The lowest BCUT2D eigenvalue weighted by molar-refractivity contribution is 0.429. The highest BCUT2D eigenvalue weighted by Crippen LogP contribution is 2.37. The molecule has 3 N–H and O–H groups in total. The largest absolute Gasteiger partial charge is 0.352 e. The Hall–Kier alpha value is -1.36. The molecule has 2 aliphatic rings. The van der Waals surface area contributed by atoms with Gasteiger partial charge in [0.25, 0.3) is 0 Å². The summed E-state index contributed by atoms with van der Waals surface area (Å²) < 4.78 is 0. The van der Waals surface area contributed by atoms with Gasteiger partial charge in [-0.15, -0.1) is 0 Å². The summed E-state index contributed by atoms with van der Waals surface area (Å²) in [7, 11) is 0. The summed E-state index contributed by atoms with van der Waals surface area (Å²) in [6.45, 7) is 1.10. The maximum Gasteiger partial charge on any atom is 0.160 e. The third-order valence-electron chi connectivity index (χ3n) is 4.31. The van der Waals surface area contributed by atoms with E-state index in [9.17, 15) is 0 Å². The SMILES string of the molecule is NNc1cncc(N2CCCC2C2CCCC2)n1. The average molecular weight is 247 g/mol. The Balaban J connectivity index is 1.80. The summed E-state index contributed by atoms with van der Waals surface area (Å²) in [4.78, 5) is 11.2. The summed E-state index contributed by atoms with van der Waals surface area (Å²) in [5.74, 6) is 7.87. The van der Waals surface area contributed by atoms with E-state index in [4.69, 9.17) is 5.84 Å². The van der Waals surface area contributed by atoms with E-state index in [0.29, 0.717) is 11.9 Å². The van der Waals surface area contributed by atoms with Crippen LogP contribution in [0.1, 0.15) is 38.5 Å². The Kier molecular flexibility index (Phi) is 3.32. The molecule has 18 heavy (non-hydrogen) atoms. The van der Waals surface area contributed by atoms with Gasteiger partial charge in [0.15, 0.2) is 5.82 Å². The molecule has 0 radical (unpaired) electrons. The Labute approximate surface area is 108 Å². The second kappa shape index (κ2) is 5.10. The van der Waals surface area contributed by atoms with Gasteiger partial charge in [-0.2, -0.15) is 0 Å². The lowest BCUT2D eigenvalue weighted by Gasteiger charge is -2.30. The number of hydrogen-bond donors (Lipinski definition) is 2. The molecule has 5 heteroatoms. The summed E-state index contributed by atoms with van der Waals surface area (Å²) in [6, 6.07) is 0.662. The quantitative estimate of drug-likeness (QED) is 0.631. The molecule has 1 unspecified atom stereocenters. The maximum atomic E-state index is 5.40. The van der Waals surface area contributed by atoms with Crippen molar-refractivity contribution in [2.45, 2.75) is 44.6 Å². The van der Waals surface area contributed by atoms with E-state index in [1.54, 1.807) is 6.20 Å². The molecular weight excluding hydrogens is 226 g/mol. The van der Waals surface area contributed by atoms with E-state index in [-0.39, 0.29) is 0 Å². The Morgan fingerprint density at radius 1 is 1.17 bits per heavy atom. The molecule has 0 aromatic carbocycles. The summed E-state index contributed by atoms with van der Waals surface area (Å²) in [5.41, 5.74) is 2.57. The first kappa shape index (κ1) is 11.7. The van der Waals surface area contributed by atoms with E-state index < -0.39 is 0 Å². The van der Waals surface area contributed by atoms with Gasteiger partial charge in [-0.25, -0.2) is 10.8 Å². The molecule has 5 nitrogen and oxygen atoms in total. The normalized spacial score (nSPS) is 24.7. The highest BCUT2D eigenvalue weighted by atomic mass is 15.3. The topological polar surface area (TPSA) is 67.1 Å². The molecule has 98 valence electrons. The van der Waals surface area contributed by atoms with Gasteiger partial charge >= 0.3 is 0 Å². The minimum Gasteiger partial charge on any atom is -0.352 e. The minimum atomic E-state index is 0.643. The van der Waals surface area contributed by atoms with Crippen LogP contribution in [0.25, 0.3) is 0 Å². The molecule has 1 aromatic rings. The third kappa shape index (κ3) is 2.14. The molecule has 1 atom stereocenters. The number of anilines is 2. The van der Waals surface area contributed by atoms with Gasteiger partial charge < -0.3 is 10.3 Å². The molecule has 2 fully saturated rings. The second-order valence-electron chi connectivity index (χ2n) is 5.35. The zero-order chi connectivity index (χ0) is 12.4. The van der Waals surface area contributed by atoms with E-state index in [1.165, 1.54) is 38.5 Å². The third-order valence-corrected chi connectivity index (χ3v) is 4.31. The van der Waals surface area contributed by atoms with Crippen LogP contribution in [0.3, 0.4) is 0 Å². The van der Waals surface area contributed by atoms with Crippen molar-refractivity contribution in [1.82, 2.24) is 9.97 Å². The smallest absolute Gasteiger partial charge is 0.160 e. The fourth-order valence-corrected chi connectivity index (χ4v) is 3.47. The zero-order valence-corrected chi connectivity index (χ0v) is 10.7. The molecule has 0 amide bonds. The standard InChI is InChI=1S/C13H21N5/c14-17-12-8-15-9-13(16-12)18-7-3-6-11(18)10-4-1-2-5-10/h8-11H,1-7,14H2,(H,16,17). The Morgan fingerprint density at radius 2 is 2.00 bits per heavy atom. The molecule has 0 bridgehead atoms. The number of nitrogens with two attached hydrogens (primary N) is 1. The summed E-state index contributed by atoms with van der Waals surface area (Å²) in [6.07, 6.45) is 11.6. The van der Waals surface area contributed by atoms with Crippen LogP contribution < -0.4 is 16.2 Å². The van der Waals surface area contributed by atoms with Crippen molar-refractivity contribution >= 4 is 11.6 Å². The fourth-order valence-electron chi connectivity index (χ4n) is 3.47. The van der Waals surface area contributed by atoms with Gasteiger partial charge in [0.1, 0.15) is 5.82 Å². The molecule has 1 aliphatic heterocycles. The van der Waals surface area contributed by atoms with Gasteiger partial charge in [0.05, 0.1) is 12.4 Å². The minimum absolute atomic E-state index is 0.643. The van der Waals surface area contributed by atoms with Crippen LogP contribution in [-0.4, -0.2) is 22.6 Å². The van der Waals surface area contributed by atoms with E-state index in [2.05, 4.69) is 20.3 Å². The van der Waals surface area contributed by atoms with Crippen LogP contribution in [0.15, 0.2) is 12.4 Å². The van der Waals surface area contributed by atoms with Crippen LogP contribution in [0.2, 0.25) is 0 Å². The van der Waals surface area contributed by atoms with Crippen molar-refractivity contribution < 1.29 is 0 Å². The number of hydrazine groups is 1.